The average Bonchev–Trinajstić information content (AvgIpc) is 2.88. The van der Waals surface area contributed by atoms with Crippen molar-refractivity contribution >= 4 is 6.01 Å². The predicted octanol–water partition coefficient (Wildman–Crippen LogP) is 2.10. The molecule has 1 atom stereocenters. The predicted molar refractivity (Wildman–Crippen MR) is 85.2 cm³/mol. The highest BCUT2D eigenvalue weighted by atomic mass is 16.5. The SMILES string of the molecule is CCCc1nnc(N2CCCO[C@H](CN3CCCCC3)C2)o1. The Bertz CT molecular complexity index is 445. The van der Waals surface area contributed by atoms with Crippen molar-refractivity contribution in [3.8, 4) is 0 Å². The van der Waals surface area contributed by atoms with Crippen LogP contribution in [0.4, 0.5) is 6.01 Å². The lowest BCUT2D eigenvalue weighted by Gasteiger charge is -2.31. The number of hydrogen-bond donors (Lipinski definition) is 0. The summed E-state index contributed by atoms with van der Waals surface area (Å²) in [6.07, 6.45) is 7.15. The van der Waals surface area contributed by atoms with Crippen molar-refractivity contribution in [3.63, 3.8) is 0 Å². The second kappa shape index (κ2) is 7.92. The summed E-state index contributed by atoms with van der Waals surface area (Å²) in [5.74, 6) is 0.746. The highest BCUT2D eigenvalue weighted by molar-refractivity contribution is 5.24. The van der Waals surface area contributed by atoms with Crippen LogP contribution in [0.5, 0.6) is 0 Å². The Morgan fingerprint density at radius 3 is 2.77 bits per heavy atom. The van der Waals surface area contributed by atoms with E-state index in [1.807, 2.05) is 0 Å². The summed E-state index contributed by atoms with van der Waals surface area (Å²) in [4.78, 5) is 4.74. The number of aryl methyl sites for hydroxylation is 1. The fourth-order valence-electron chi connectivity index (χ4n) is 3.30. The Morgan fingerprint density at radius 2 is 1.95 bits per heavy atom. The van der Waals surface area contributed by atoms with E-state index in [2.05, 4.69) is 26.9 Å². The Labute approximate surface area is 132 Å². The normalized spacial score (nSPS) is 24.4. The fourth-order valence-corrected chi connectivity index (χ4v) is 3.30. The molecule has 2 aliphatic heterocycles. The fraction of sp³-hybridized carbons (Fsp3) is 0.875. The third-order valence-corrected chi connectivity index (χ3v) is 4.45. The second-order valence-corrected chi connectivity index (χ2v) is 6.38. The smallest absolute Gasteiger partial charge is 0.318 e. The molecular formula is C16H28N4O2. The van der Waals surface area contributed by atoms with Gasteiger partial charge < -0.3 is 19.0 Å². The minimum Gasteiger partial charge on any atom is -0.408 e. The van der Waals surface area contributed by atoms with Gasteiger partial charge in [0.05, 0.1) is 6.10 Å². The van der Waals surface area contributed by atoms with Gasteiger partial charge in [0.1, 0.15) is 0 Å². The van der Waals surface area contributed by atoms with Crippen LogP contribution in [0, 0.1) is 0 Å². The number of aromatic nitrogens is 2. The Hall–Kier alpha value is -1.14. The molecule has 1 aromatic rings. The van der Waals surface area contributed by atoms with Crippen LogP contribution in [0.3, 0.4) is 0 Å². The van der Waals surface area contributed by atoms with Crippen LogP contribution < -0.4 is 4.90 Å². The summed E-state index contributed by atoms with van der Waals surface area (Å²) in [5.41, 5.74) is 0. The standard InChI is InChI=1S/C16H28N4O2/c1-2-7-15-17-18-16(22-15)20-10-6-11-21-14(13-20)12-19-8-4-3-5-9-19/h14H,2-13H2,1H3/t14-/m1/s1. The van der Waals surface area contributed by atoms with E-state index in [1.165, 1.54) is 32.4 Å². The van der Waals surface area contributed by atoms with E-state index in [9.17, 15) is 0 Å². The van der Waals surface area contributed by atoms with Crippen LogP contribution in [0.2, 0.25) is 0 Å². The van der Waals surface area contributed by atoms with E-state index in [0.717, 1.165) is 51.4 Å². The van der Waals surface area contributed by atoms with Crippen molar-refractivity contribution in [1.82, 2.24) is 15.1 Å². The number of piperidine rings is 1. The average molecular weight is 308 g/mol. The monoisotopic (exact) mass is 308 g/mol. The zero-order valence-corrected chi connectivity index (χ0v) is 13.7. The highest BCUT2D eigenvalue weighted by Crippen LogP contribution is 2.18. The first-order valence-electron chi connectivity index (χ1n) is 8.76. The lowest BCUT2D eigenvalue weighted by Crippen LogP contribution is -2.42. The number of likely N-dealkylation sites (tertiary alicyclic amines) is 1. The number of rotatable bonds is 5. The van der Waals surface area contributed by atoms with Crippen molar-refractivity contribution < 1.29 is 9.15 Å². The maximum absolute atomic E-state index is 6.04. The summed E-state index contributed by atoms with van der Waals surface area (Å²) in [6.45, 7) is 8.17. The van der Waals surface area contributed by atoms with Crippen molar-refractivity contribution in [3.05, 3.63) is 5.89 Å². The van der Waals surface area contributed by atoms with E-state index in [-0.39, 0.29) is 6.10 Å². The van der Waals surface area contributed by atoms with Crippen LogP contribution in [0.1, 0.15) is 44.9 Å². The first-order valence-corrected chi connectivity index (χ1v) is 8.76. The molecule has 6 heteroatoms. The first kappa shape index (κ1) is 15.7. The van der Waals surface area contributed by atoms with Crippen LogP contribution >= 0.6 is 0 Å². The van der Waals surface area contributed by atoms with Gasteiger partial charge in [0.15, 0.2) is 0 Å². The van der Waals surface area contributed by atoms with Crippen molar-refractivity contribution in [2.75, 3.05) is 44.2 Å². The van der Waals surface area contributed by atoms with Gasteiger partial charge in [0.25, 0.3) is 0 Å². The number of anilines is 1. The number of ether oxygens (including phenoxy) is 1. The number of hydrogen-bond acceptors (Lipinski definition) is 6. The van der Waals surface area contributed by atoms with Gasteiger partial charge in [-0.15, -0.1) is 5.10 Å². The zero-order chi connectivity index (χ0) is 15.2. The van der Waals surface area contributed by atoms with Crippen LogP contribution in [0.15, 0.2) is 4.42 Å². The third kappa shape index (κ3) is 4.20. The zero-order valence-electron chi connectivity index (χ0n) is 13.7. The van der Waals surface area contributed by atoms with Gasteiger partial charge in [-0.1, -0.05) is 18.4 Å². The molecule has 0 spiro atoms. The quantitative estimate of drug-likeness (QED) is 0.830. The molecule has 124 valence electrons. The van der Waals surface area contributed by atoms with Gasteiger partial charge in [-0.2, -0.15) is 0 Å². The van der Waals surface area contributed by atoms with E-state index in [0.29, 0.717) is 6.01 Å². The van der Waals surface area contributed by atoms with Crippen LogP contribution in [0.25, 0.3) is 0 Å². The van der Waals surface area contributed by atoms with E-state index in [4.69, 9.17) is 9.15 Å². The molecule has 0 aliphatic carbocycles. The molecule has 0 bridgehead atoms. The Kier molecular flexibility index (Phi) is 5.67. The van der Waals surface area contributed by atoms with Gasteiger partial charge in [-0.3, -0.25) is 0 Å². The van der Waals surface area contributed by atoms with Crippen molar-refractivity contribution in [1.29, 1.82) is 0 Å². The topological polar surface area (TPSA) is 54.6 Å². The summed E-state index contributed by atoms with van der Waals surface area (Å²) >= 11 is 0. The molecule has 2 aliphatic rings. The molecule has 0 saturated carbocycles. The van der Waals surface area contributed by atoms with E-state index in [1.54, 1.807) is 0 Å². The van der Waals surface area contributed by atoms with E-state index < -0.39 is 0 Å². The molecule has 0 amide bonds. The van der Waals surface area contributed by atoms with Gasteiger partial charge in [0.2, 0.25) is 5.89 Å². The van der Waals surface area contributed by atoms with Gasteiger partial charge >= 0.3 is 6.01 Å². The molecule has 6 nitrogen and oxygen atoms in total. The molecule has 0 N–H and O–H groups in total. The first-order chi connectivity index (χ1) is 10.8. The lowest BCUT2D eigenvalue weighted by molar-refractivity contribution is 0.0348. The third-order valence-electron chi connectivity index (χ3n) is 4.45. The van der Waals surface area contributed by atoms with Gasteiger partial charge in [-0.25, -0.2) is 0 Å². The molecule has 3 heterocycles. The van der Waals surface area contributed by atoms with Crippen molar-refractivity contribution in [2.45, 2.75) is 51.6 Å². The molecule has 0 radical (unpaired) electrons. The minimum absolute atomic E-state index is 0.238. The Morgan fingerprint density at radius 1 is 1.09 bits per heavy atom. The molecule has 3 rings (SSSR count). The molecule has 2 saturated heterocycles. The maximum atomic E-state index is 6.04. The summed E-state index contributed by atoms with van der Waals surface area (Å²) in [5, 5.41) is 8.36. The molecule has 0 unspecified atom stereocenters. The van der Waals surface area contributed by atoms with Gasteiger partial charge in [0, 0.05) is 32.7 Å². The Balaban J connectivity index is 1.58. The molecule has 1 aromatic heterocycles. The van der Waals surface area contributed by atoms with Crippen LogP contribution in [-0.2, 0) is 11.2 Å². The summed E-state index contributed by atoms with van der Waals surface area (Å²) < 4.78 is 11.8. The summed E-state index contributed by atoms with van der Waals surface area (Å²) in [6, 6.07) is 0.664. The molecule has 2 fully saturated rings. The largest absolute Gasteiger partial charge is 0.408 e. The number of nitrogens with zero attached hydrogens (tertiary/aromatic N) is 4. The van der Waals surface area contributed by atoms with Crippen molar-refractivity contribution in [2.24, 2.45) is 0 Å². The van der Waals surface area contributed by atoms with Gasteiger partial charge in [-0.05, 0) is 38.8 Å². The second-order valence-electron chi connectivity index (χ2n) is 6.38. The highest BCUT2D eigenvalue weighted by Gasteiger charge is 2.25. The van der Waals surface area contributed by atoms with Crippen LogP contribution in [-0.4, -0.2) is 60.5 Å². The maximum Gasteiger partial charge on any atom is 0.318 e. The lowest BCUT2D eigenvalue weighted by atomic mass is 10.1. The minimum atomic E-state index is 0.238. The molecule has 0 aromatic carbocycles. The molecule has 22 heavy (non-hydrogen) atoms. The van der Waals surface area contributed by atoms with E-state index >= 15 is 0 Å². The molecular weight excluding hydrogens is 280 g/mol. The summed E-state index contributed by atoms with van der Waals surface area (Å²) in [7, 11) is 0.